The van der Waals surface area contributed by atoms with Crippen molar-refractivity contribution in [2.24, 2.45) is 0 Å². The van der Waals surface area contributed by atoms with Gasteiger partial charge in [-0.3, -0.25) is 14.5 Å². The Morgan fingerprint density at radius 2 is 1.83 bits per heavy atom. The Labute approximate surface area is 180 Å². The summed E-state index contributed by atoms with van der Waals surface area (Å²) in [5.74, 6) is -0.303. The van der Waals surface area contributed by atoms with Crippen molar-refractivity contribution >= 4 is 45.1 Å². The topological polar surface area (TPSA) is 76.3 Å². The third-order valence-electron chi connectivity index (χ3n) is 5.47. The molecule has 0 N–H and O–H groups in total. The van der Waals surface area contributed by atoms with E-state index in [9.17, 15) is 9.59 Å². The van der Waals surface area contributed by atoms with Crippen LogP contribution < -0.4 is 10.3 Å². The number of hydrogen-bond acceptors (Lipinski definition) is 7. The fraction of sp³-hybridized carbons (Fsp3) is 0.182. The molecule has 1 aliphatic heterocycles. The van der Waals surface area contributed by atoms with Gasteiger partial charge in [-0.15, -0.1) is 22.0 Å². The van der Waals surface area contributed by atoms with E-state index in [1.54, 1.807) is 17.3 Å². The van der Waals surface area contributed by atoms with Crippen molar-refractivity contribution in [3.05, 3.63) is 80.1 Å². The maximum absolute atomic E-state index is 13.6. The number of anilines is 1. The molecule has 0 spiro atoms. The zero-order chi connectivity index (χ0) is 21.0. The predicted molar refractivity (Wildman–Crippen MR) is 119 cm³/mol. The molecule has 1 aliphatic rings. The zero-order valence-corrected chi connectivity index (χ0v) is 18.1. The first-order chi connectivity index (χ1) is 14.5. The fourth-order valence-electron chi connectivity index (χ4n) is 3.80. The van der Waals surface area contributed by atoms with Crippen molar-refractivity contribution in [3.63, 3.8) is 0 Å². The van der Waals surface area contributed by atoms with E-state index in [0.29, 0.717) is 21.7 Å². The quantitative estimate of drug-likeness (QED) is 0.433. The van der Waals surface area contributed by atoms with Crippen molar-refractivity contribution in [1.29, 1.82) is 0 Å². The molecule has 2 aromatic heterocycles. The smallest absolute Gasteiger partial charge is 0.297 e. The Hall–Kier alpha value is -2.97. The van der Waals surface area contributed by atoms with Gasteiger partial charge in [0.25, 0.3) is 5.91 Å². The molecular formula is C22H17N3O3S2. The van der Waals surface area contributed by atoms with Crippen LogP contribution in [0.2, 0.25) is 0 Å². The van der Waals surface area contributed by atoms with Gasteiger partial charge in [0.2, 0.25) is 10.9 Å². The molecule has 150 valence electrons. The van der Waals surface area contributed by atoms with E-state index in [0.717, 1.165) is 21.6 Å². The van der Waals surface area contributed by atoms with Crippen LogP contribution in [-0.4, -0.2) is 22.4 Å². The van der Waals surface area contributed by atoms with E-state index in [-0.39, 0.29) is 17.1 Å². The molecule has 6 nitrogen and oxygen atoms in total. The fourth-order valence-corrected chi connectivity index (χ4v) is 4.79. The van der Waals surface area contributed by atoms with Crippen LogP contribution in [0.1, 0.15) is 38.9 Å². The number of carbonyl (C=O) groups excluding carboxylic acids is 1. The number of aryl methyl sites for hydroxylation is 2. The van der Waals surface area contributed by atoms with Gasteiger partial charge in [0.15, 0.2) is 5.43 Å². The number of thioether (sulfide) groups is 1. The van der Waals surface area contributed by atoms with Gasteiger partial charge in [0, 0.05) is 4.90 Å². The summed E-state index contributed by atoms with van der Waals surface area (Å²) < 4.78 is 6.02. The molecular weight excluding hydrogens is 418 g/mol. The van der Waals surface area contributed by atoms with Gasteiger partial charge in [-0.2, -0.15) is 0 Å². The van der Waals surface area contributed by atoms with Crippen molar-refractivity contribution < 1.29 is 9.21 Å². The predicted octanol–water partition coefficient (Wildman–Crippen LogP) is 4.73. The Kier molecular flexibility index (Phi) is 4.48. The first kappa shape index (κ1) is 19.0. The summed E-state index contributed by atoms with van der Waals surface area (Å²) in [6.07, 6.45) is 2.00. The lowest BCUT2D eigenvalue weighted by molar-refractivity contribution is 0.0970. The molecule has 30 heavy (non-hydrogen) atoms. The summed E-state index contributed by atoms with van der Waals surface area (Å²) in [5.41, 5.74) is 4.98. The normalized spacial score (nSPS) is 15.8. The van der Waals surface area contributed by atoms with Crippen molar-refractivity contribution in [2.75, 3.05) is 11.2 Å². The number of nitrogens with zero attached hydrogens (tertiary/aromatic N) is 3. The minimum atomic E-state index is -0.612. The SMILES string of the molecule is CSc1ccc(C2c3c(oc4cc(C)c(C)cc4c3=O)C(=O)N2c2nncs2)cc1. The summed E-state index contributed by atoms with van der Waals surface area (Å²) in [5, 5.41) is 8.89. The standard InChI is InChI=1S/C22H17N3O3S2/c1-11-8-15-16(9-12(11)2)28-20-17(19(15)26)18(13-4-6-14(29-3)7-5-13)25(21(20)27)22-24-23-10-30-22/h4-10,18H,1-3H3. The Balaban J connectivity index is 1.81. The molecule has 4 aromatic rings. The number of hydrogen-bond donors (Lipinski definition) is 0. The molecule has 8 heteroatoms. The molecule has 1 unspecified atom stereocenters. The van der Waals surface area contributed by atoms with Gasteiger partial charge in [0.1, 0.15) is 11.1 Å². The van der Waals surface area contributed by atoms with Crippen LogP contribution in [0.4, 0.5) is 5.13 Å². The molecule has 5 rings (SSSR count). The van der Waals surface area contributed by atoms with Gasteiger partial charge >= 0.3 is 0 Å². The van der Waals surface area contributed by atoms with E-state index in [1.807, 2.05) is 56.5 Å². The van der Waals surface area contributed by atoms with Crippen LogP contribution in [0, 0.1) is 13.8 Å². The molecule has 0 saturated heterocycles. The lowest BCUT2D eigenvalue weighted by Gasteiger charge is -2.22. The molecule has 2 aromatic carbocycles. The van der Waals surface area contributed by atoms with Crippen molar-refractivity contribution in [3.8, 4) is 0 Å². The van der Waals surface area contributed by atoms with E-state index < -0.39 is 6.04 Å². The monoisotopic (exact) mass is 435 g/mol. The van der Waals surface area contributed by atoms with Gasteiger partial charge in [-0.1, -0.05) is 23.5 Å². The molecule has 0 saturated carbocycles. The lowest BCUT2D eigenvalue weighted by Crippen LogP contribution is -2.29. The second-order valence-electron chi connectivity index (χ2n) is 7.18. The number of carbonyl (C=O) groups is 1. The Bertz CT molecular complexity index is 1350. The summed E-state index contributed by atoms with van der Waals surface area (Å²) in [6, 6.07) is 10.9. The van der Waals surface area contributed by atoms with E-state index in [4.69, 9.17) is 4.42 Å². The Morgan fingerprint density at radius 3 is 2.50 bits per heavy atom. The average molecular weight is 436 g/mol. The van der Waals surface area contributed by atoms with Crippen LogP contribution in [-0.2, 0) is 0 Å². The van der Waals surface area contributed by atoms with Crippen molar-refractivity contribution in [1.82, 2.24) is 10.2 Å². The number of fused-ring (bicyclic) bond motifs is 2. The van der Waals surface area contributed by atoms with Crippen LogP contribution in [0.25, 0.3) is 11.0 Å². The van der Waals surface area contributed by atoms with Gasteiger partial charge in [-0.05, 0) is 61.1 Å². The first-order valence-electron chi connectivity index (χ1n) is 9.31. The third-order valence-corrected chi connectivity index (χ3v) is 6.91. The van der Waals surface area contributed by atoms with E-state index in [1.165, 1.54) is 16.2 Å². The first-order valence-corrected chi connectivity index (χ1v) is 11.4. The zero-order valence-electron chi connectivity index (χ0n) is 16.5. The minimum absolute atomic E-state index is 0.0740. The van der Waals surface area contributed by atoms with E-state index in [2.05, 4.69) is 10.2 Å². The van der Waals surface area contributed by atoms with E-state index >= 15 is 0 Å². The lowest BCUT2D eigenvalue weighted by atomic mass is 9.97. The third kappa shape index (κ3) is 2.79. The second-order valence-corrected chi connectivity index (χ2v) is 8.87. The summed E-state index contributed by atoms with van der Waals surface area (Å²) in [6.45, 7) is 3.91. The van der Waals surface area contributed by atoms with Gasteiger partial charge in [0.05, 0.1) is 17.0 Å². The number of amides is 1. The second kappa shape index (κ2) is 7.07. The molecule has 0 bridgehead atoms. The van der Waals surface area contributed by atoms with Crippen molar-refractivity contribution in [2.45, 2.75) is 24.8 Å². The Morgan fingerprint density at radius 1 is 1.10 bits per heavy atom. The van der Waals surface area contributed by atoms with Crippen LogP contribution >= 0.6 is 23.1 Å². The summed E-state index contributed by atoms with van der Waals surface area (Å²) in [4.78, 5) is 29.6. The number of benzene rings is 2. The number of aromatic nitrogens is 2. The van der Waals surface area contributed by atoms with Crippen LogP contribution in [0.15, 0.2) is 56.0 Å². The number of rotatable bonds is 3. The summed E-state index contributed by atoms with van der Waals surface area (Å²) >= 11 is 2.88. The maximum Gasteiger partial charge on any atom is 0.297 e. The molecule has 3 heterocycles. The highest BCUT2D eigenvalue weighted by molar-refractivity contribution is 7.98. The van der Waals surface area contributed by atoms with Crippen LogP contribution in [0.3, 0.4) is 0 Å². The molecule has 0 aliphatic carbocycles. The minimum Gasteiger partial charge on any atom is -0.450 e. The summed E-state index contributed by atoms with van der Waals surface area (Å²) in [7, 11) is 0. The molecule has 0 fully saturated rings. The van der Waals surface area contributed by atoms with Gasteiger partial charge < -0.3 is 4.42 Å². The highest BCUT2D eigenvalue weighted by atomic mass is 32.2. The maximum atomic E-state index is 13.6. The molecule has 1 atom stereocenters. The average Bonchev–Trinajstić information content (AvgIpc) is 3.37. The molecule has 0 radical (unpaired) electrons. The molecule has 1 amide bonds. The highest BCUT2D eigenvalue weighted by Gasteiger charge is 2.45. The highest BCUT2D eigenvalue weighted by Crippen LogP contribution is 2.42. The van der Waals surface area contributed by atoms with Gasteiger partial charge in [-0.25, -0.2) is 0 Å². The largest absolute Gasteiger partial charge is 0.450 e. The van der Waals surface area contributed by atoms with Crippen LogP contribution in [0.5, 0.6) is 0 Å².